The SMILES string of the molecule is CCS(=O)(=O)Nc1ccc(Nc2ccc(F)cc2F)c(-c2cn(C)c(=O)c3cn[nH]c23)c1. The predicted octanol–water partition coefficient (Wildman–Crippen LogP) is 3.71. The lowest BCUT2D eigenvalue weighted by atomic mass is 10.0. The number of nitrogens with one attached hydrogen (secondary N) is 3. The van der Waals surface area contributed by atoms with Gasteiger partial charge in [0.05, 0.1) is 28.5 Å². The van der Waals surface area contributed by atoms with Crippen molar-refractivity contribution in [3.63, 3.8) is 0 Å². The van der Waals surface area contributed by atoms with Crippen molar-refractivity contribution >= 4 is 38.0 Å². The van der Waals surface area contributed by atoms with Crippen molar-refractivity contribution < 1.29 is 17.2 Å². The normalized spacial score (nSPS) is 11.6. The molecule has 2 aromatic carbocycles. The zero-order valence-electron chi connectivity index (χ0n) is 17.1. The number of nitrogens with zero attached hydrogens (tertiary/aromatic N) is 2. The highest BCUT2D eigenvalue weighted by atomic mass is 32.2. The van der Waals surface area contributed by atoms with E-state index in [0.29, 0.717) is 27.7 Å². The van der Waals surface area contributed by atoms with Crippen molar-refractivity contribution in [3.05, 3.63) is 70.8 Å². The number of anilines is 3. The molecule has 2 heterocycles. The van der Waals surface area contributed by atoms with E-state index in [-0.39, 0.29) is 22.7 Å². The molecule has 0 fully saturated rings. The summed E-state index contributed by atoms with van der Waals surface area (Å²) in [5, 5.41) is 10.00. The van der Waals surface area contributed by atoms with Crippen LogP contribution >= 0.6 is 0 Å². The van der Waals surface area contributed by atoms with Crippen LogP contribution in [0.1, 0.15) is 6.92 Å². The molecular weight excluding hydrogens is 440 g/mol. The number of fused-ring (bicyclic) bond motifs is 1. The van der Waals surface area contributed by atoms with E-state index in [1.54, 1.807) is 25.4 Å². The Morgan fingerprint density at radius 3 is 2.56 bits per heavy atom. The van der Waals surface area contributed by atoms with Crippen molar-refractivity contribution in [1.82, 2.24) is 14.8 Å². The van der Waals surface area contributed by atoms with Gasteiger partial charge in [-0.25, -0.2) is 17.2 Å². The Morgan fingerprint density at radius 1 is 1.09 bits per heavy atom. The molecule has 0 atom stereocenters. The number of halogens is 2. The van der Waals surface area contributed by atoms with Gasteiger partial charge in [-0.2, -0.15) is 5.10 Å². The molecule has 0 saturated carbocycles. The van der Waals surface area contributed by atoms with E-state index in [9.17, 15) is 22.0 Å². The van der Waals surface area contributed by atoms with Gasteiger partial charge in [-0.15, -0.1) is 0 Å². The first-order chi connectivity index (χ1) is 15.2. The molecule has 166 valence electrons. The molecular formula is C21H19F2N5O3S. The summed E-state index contributed by atoms with van der Waals surface area (Å²) in [4.78, 5) is 12.4. The highest BCUT2D eigenvalue weighted by Crippen LogP contribution is 2.36. The first-order valence-electron chi connectivity index (χ1n) is 9.58. The van der Waals surface area contributed by atoms with Crippen LogP contribution in [0, 0.1) is 11.6 Å². The first-order valence-corrected chi connectivity index (χ1v) is 11.2. The van der Waals surface area contributed by atoms with Crippen LogP contribution in [0.4, 0.5) is 25.8 Å². The number of benzene rings is 2. The van der Waals surface area contributed by atoms with E-state index in [1.165, 1.54) is 29.8 Å². The summed E-state index contributed by atoms with van der Waals surface area (Å²) in [6, 6.07) is 7.79. The number of aryl methyl sites for hydroxylation is 1. The quantitative estimate of drug-likeness (QED) is 0.407. The van der Waals surface area contributed by atoms with Crippen molar-refractivity contribution in [2.75, 3.05) is 15.8 Å². The second-order valence-electron chi connectivity index (χ2n) is 7.13. The fourth-order valence-corrected chi connectivity index (χ4v) is 3.92. The molecule has 4 rings (SSSR count). The number of H-pyrrole nitrogens is 1. The van der Waals surface area contributed by atoms with E-state index < -0.39 is 21.7 Å². The number of rotatable bonds is 6. The molecule has 0 bridgehead atoms. The average Bonchev–Trinajstić information content (AvgIpc) is 3.24. The molecule has 11 heteroatoms. The zero-order valence-corrected chi connectivity index (χ0v) is 17.9. The van der Waals surface area contributed by atoms with Gasteiger partial charge >= 0.3 is 0 Å². The highest BCUT2D eigenvalue weighted by molar-refractivity contribution is 7.92. The van der Waals surface area contributed by atoms with Gasteiger partial charge in [-0.3, -0.25) is 14.6 Å². The smallest absolute Gasteiger partial charge is 0.261 e. The van der Waals surface area contributed by atoms with Gasteiger partial charge < -0.3 is 9.88 Å². The predicted molar refractivity (Wildman–Crippen MR) is 119 cm³/mol. The van der Waals surface area contributed by atoms with Gasteiger partial charge in [-0.05, 0) is 37.3 Å². The number of aromatic nitrogens is 3. The standard InChI is InChI=1S/C21H19F2N5O3S/c1-3-32(30,31)27-13-5-7-18(25-19-6-4-12(22)8-17(19)23)14(9-13)16-11-28(2)21(29)15-10-24-26-20(15)16/h4-11,25,27H,3H2,1-2H3,(H,24,26). The summed E-state index contributed by atoms with van der Waals surface area (Å²) in [5.74, 6) is -1.62. The van der Waals surface area contributed by atoms with E-state index in [2.05, 4.69) is 20.2 Å². The third-order valence-electron chi connectivity index (χ3n) is 4.95. The fraction of sp³-hybridized carbons (Fsp3) is 0.143. The topological polar surface area (TPSA) is 109 Å². The second kappa shape index (κ2) is 8.08. The Morgan fingerprint density at radius 2 is 1.84 bits per heavy atom. The highest BCUT2D eigenvalue weighted by Gasteiger charge is 2.17. The fourth-order valence-electron chi connectivity index (χ4n) is 3.29. The van der Waals surface area contributed by atoms with Crippen LogP contribution in [0.5, 0.6) is 0 Å². The molecule has 32 heavy (non-hydrogen) atoms. The minimum absolute atomic E-state index is 0.0280. The number of hydrogen-bond donors (Lipinski definition) is 3. The van der Waals surface area contributed by atoms with Crippen molar-refractivity contribution in [3.8, 4) is 11.1 Å². The maximum absolute atomic E-state index is 14.3. The molecule has 0 radical (unpaired) electrons. The summed E-state index contributed by atoms with van der Waals surface area (Å²) < 4.78 is 55.6. The molecule has 0 unspecified atom stereocenters. The average molecular weight is 459 g/mol. The molecule has 0 aliphatic rings. The van der Waals surface area contributed by atoms with Gasteiger partial charge in [0.1, 0.15) is 11.6 Å². The molecule has 4 aromatic rings. The maximum atomic E-state index is 14.3. The minimum Gasteiger partial charge on any atom is -0.353 e. The summed E-state index contributed by atoms with van der Waals surface area (Å²) in [7, 11) is -1.97. The van der Waals surface area contributed by atoms with Crippen LogP contribution in [0.2, 0.25) is 0 Å². The Balaban J connectivity index is 1.93. The summed E-state index contributed by atoms with van der Waals surface area (Å²) in [6.45, 7) is 1.51. The summed E-state index contributed by atoms with van der Waals surface area (Å²) >= 11 is 0. The van der Waals surface area contributed by atoms with E-state index >= 15 is 0 Å². The van der Waals surface area contributed by atoms with Crippen molar-refractivity contribution in [1.29, 1.82) is 0 Å². The number of pyridine rings is 1. The van der Waals surface area contributed by atoms with Gasteiger partial charge in [0.25, 0.3) is 5.56 Å². The third kappa shape index (κ3) is 4.06. The molecule has 0 amide bonds. The lowest BCUT2D eigenvalue weighted by Crippen LogP contribution is -2.16. The largest absolute Gasteiger partial charge is 0.353 e. The van der Waals surface area contributed by atoms with Crippen LogP contribution < -0.4 is 15.6 Å². The molecule has 8 nitrogen and oxygen atoms in total. The van der Waals surface area contributed by atoms with Crippen LogP contribution in [-0.2, 0) is 17.1 Å². The van der Waals surface area contributed by atoms with Gasteiger partial charge in [0, 0.05) is 41.8 Å². The number of aromatic amines is 1. The molecule has 0 spiro atoms. The Labute approximate surface area is 182 Å². The van der Waals surface area contributed by atoms with Gasteiger partial charge in [0.2, 0.25) is 10.0 Å². The van der Waals surface area contributed by atoms with Gasteiger partial charge in [-0.1, -0.05) is 0 Å². The number of sulfonamides is 1. The Kier molecular flexibility index (Phi) is 5.43. The van der Waals surface area contributed by atoms with E-state index in [1.807, 2.05) is 0 Å². The summed E-state index contributed by atoms with van der Waals surface area (Å²) in [6.07, 6.45) is 2.97. The van der Waals surface area contributed by atoms with Crippen LogP contribution in [0.15, 0.2) is 53.6 Å². The van der Waals surface area contributed by atoms with Crippen molar-refractivity contribution in [2.45, 2.75) is 6.92 Å². The van der Waals surface area contributed by atoms with Crippen molar-refractivity contribution in [2.24, 2.45) is 7.05 Å². The van der Waals surface area contributed by atoms with Gasteiger partial charge in [0.15, 0.2) is 0 Å². The molecule has 3 N–H and O–H groups in total. The van der Waals surface area contributed by atoms with E-state index in [0.717, 1.165) is 12.1 Å². The Bertz CT molecular complexity index is 1500. The minimum atomic E-state index is -3.55. The Hall–Kier alpha value is -3.73. The zero-order chi connectivity index (χ0) is 23.0. The van der Waals surface area contributed by atoms with E-state index in [4.69, 9.17) is 0 Å². The molecule has 0 saturated heterocycles. The van der Waals surface area contributed by atoms with Crippen LogP contribution in [0.25, 0.3) is 22.0 Å². The molecule has 0 aliphatic heterocycles. The summed E-state index contributed by atoms with van der Waals surface area (Å²) in [5.41, 5.74) is 1.89. The number of hydrogen-bond acceptors (Lipinski definition) is 5. The molecule has 2 aromatic heterocycles. The van der Waals surface area contributed by atoms with Crippen LogP contribution in [0.3, 0.4) is 0 Å². The molecule has 0 aliphatic carbocycles. The lowest BCUT2D eigenvalue weighted by molar-refractivity contribution is 0.586. The first kappa shape index (κ1) is 21.5. The second-order valence-corrected chi connectivity index (χ2v) is 9.14. The third-order valence-corrected chi connectivity index (χ3v) is 6.25. The van der Waals surface area contributed by atoms with Crippen LogP contribution in [-0.4, -0.2) is 28.9 Å². The maximum Gasteiger partial charge on any atom is 0.261 e. The lowest BCUT2D eigenvalue weighted by Gasteiger charge is -2.16. The monoisotopic (exact) mass is 459 g/mol.